The Bertz CT molecular complexity index is 376. The molecule has 17 heavy (non-hydrogen) atoms. The van der Waals surface area contributed by atoms with Gasteiger partial charge in [0.05, 0.1) is 0 Å². The lowest BCUT2D eigenvalue weighted by atomic mass is 10.3. The van der Waals surface area contributed by atoms with Crippen molar-refractivity contribution in [2.45, 2.75) is 12.3 Å². The minimum Gasteiger partial charge on any atom is -0.338 e. The Labute approximate surface area is 105 Å². The molecule has 1 aliphatic heterocycles. The van der Waals surface area contributed by atoms with Crippen LogP contribution in [-0.4, -0.2) is 52.3 Å². The highest BCUT2D eigenvalue weighted by atomic mass is 35.5. The molecule has 5 nitrogen and oxygen atoms in total. The van der Waals surface area contributed by atoms with Crippen LogP contribution in [0, 0.1) is 0 Å². The molecular formula is C11H15ClN4O. The van der Waals surface area contributed by atoms with Gasteiger partial charge in [0.1, 0.15) is 5.38 Å². The molecule has 0 spiro atoms. The third-order valence-electron chi connectivity index (χ3n) is 2.77. The SMILES string of the molecule is C[C@H](Cl)C(=O)N1CCN(c2ncccn2)CC1. The van der Waals surface area contributed by atoms with Gasteiger partial charge in [0.25, 0.3) is 0 Å². The zero-order valence-corrected chi connectivity index (χ0v) is 10.5. The minimum atomic E-state index is -0.450. The largest absolute Gasteiger partial charge is 0.338 e. The Morgan fingerprint density at radius 1 is 1.29 bits per heavy atom. The lowest BCUT2D eigenvalue weighted by Gasteiger charge is -2.35. The van der Waals surface area contributed by atoms with Gasteiger partial charge in [-0.15, -0.1) is 11.6 Å². The first-order valence-electron chi connectivity index (χ1n) is 5.63. The van der Waals surface area contributed by atoms with Crippen molar-refractivity contribution in [1.82, 2.24) is 14.9 Å². The van der Waals surface area contributed by atoms with Gasteiger partial charge in [0, 0.05) is 38.6 Å². The Morgan fingerprint density at radius 3 is 2.41 bits per heavy atom. The van der Waals surface area contributed by atoms with Crippen LogP contribution in [0.5, 0.6) is 0 Å². The summed E-state index contributed by atoms with van der Waals surface area (Å²) in [4.78, 5) is 23.9. The molecule has 0 saturated carbocycles. The molecule has 1 amide bonds. The van der Waals surface area contributed by atoms with E-state index in [1.165, 1.54) is 0 Å². The summed E-state index contributed by atoms with van der Waals surface area (Å²) in [5.74, 6) is 0.721. The highest BCUT2D eigenvalue weighted by Gasteiger charge is 2.24. The maximum Gasteiger partial charge on any atom is 0.240 e. The van der Waals surface area contributed by atoms with Crippen molar-refractivity contribution in [3.05, 3.63) is 18.5 Å². The van der Waals surface area contributed by atoms with Crippen LogP contribution in [0.3, 0.4) is 0 Å². The van der Waals surface area contributed by atoms with E-state index in [0.717, 1.165) is 19.0 Å². The molecule has 0 aromatic carbocycles. The molecule has 6 heteroatoms. The van der Waals surface area contributed by atoms with Crippen molar-refractivity contribution in [2.75, 3.05) is 31.1 Å². The van der Waals surface area contributed by atoms with Crippen molar-refractivity contribution in [3.63, 3.8) is 0 Å². The number of anilines is 1. The quantitative estimate of drug-likeness (QED) is 0.731. The predicted molar refractivity (Wildman–Crippen MR) is 66.1 cm³/mol. The minimum absolute atomic E-state index is 0.000275. The number of hydrogen-bond donors (Lipinski definition) is 0. The second-order valence-corrected chi connectivity index (χ2v) is 4.63. The van der Waals surface area contributed by atoms with Crippen LogP contribution in [0.2, 0.25) is 0 Å². The van der Waals surface area contributed by atoms with Gasteiger partial charge in [0.15, 0.2) is 0 Å². The first kappa shape index (κ1) is 12.1. The van der Waals surface area contributed by atoms with Crippen molar-refractivity contribution < 1.29 is 4.79 Å². The molecule has 2 heterocycles. The van der Waals surface area contributed by atoms with Crippen molar-refractivity contribution in [2.24, 2.45) is 0 Å². The summed E-state index contributed by atoms with van der Waals surface area (Å²) in [6.07, 6.45) is 3.45. The summed E-state index contributed by atoms with van der Waals surface area (Å²) < 4.78 is 0. The van der Waals surface area contributed by atoms with Crippen LogP contribution in [-0.2, 0) is 4.79 Å². The summed E-state index contributed by atoms with van der Waals surface area (Å²) in [5.41, 5.74) is 0. The lowest BCUT2D eigenvalue weighted by molar-refractivity contribution is -0.130. The molecule has 1 fully saturated rings. The zero-order valence-electron chi connectivity index (χ0n) is 9.71. The van der Waals surface area contributed by atoms with E-state index in [1.807, 2.05) is 0 Å². The van der Waals surface area contributed by atoms with Crippen molar-refractivity contribution in [3.8, 4) is 0 Å². The third kappa shape index (κ3) is 2.85. The standard InChI is InChI=1S/C11H15ClN4O/c1-9(12)10(17)15-5-7-16(8-6-15)11-13-3-2-4-14-11/h2-4,9H,5-8H2,1H3/t9-/m0/s1. The van der Waals surface area contributed by atoms with Gasteiger partial charge >= 0.3 is 0 Å². The van der Waals surface area contributed by atoms with E-state index in [2.05, 4.69) is 14.9 Å². The highest BCUT2D eigenvalue weighted by Crippen LogP contribution is 2.11. The third-order valence-corrected chi connectivity index (χ3v) is 2.95. The molecular weight excluding hydrogens is 240 g/mol. The highest BCUT2D eigenvalue weighted by molar-refractivity contribution is 6.30. The Kier molecular flexibility index (Phi) is 3.78. The monoisotopic (exact) mass is 254 g/mol. The van der Waals surface area contributed by atoms with Gasteiger partial charge in [-0.05, 0) is 13.0 Å². The average Bonchev–Trinajstić information content (AvgIpc) is 2.39. The molecule has 0 N–H and O–H groups in total. The molecule has 0 unspecified atom stereocenters. The number of carbonyl (C=O) groups is 1. The zero-order chi connectivity index (χ0) is 12.3. The van der Waals surface area contributed by atoms with Gasteiger partial charge in [-0.3, -0.25) is 4.79 Å². The first-order valence-corrected chi connectivity index (χ1v) is 6.07. The molecule has 92 valence electrons. The molecule has 0 radical (unpaired) electrons. The molecule has 2 rings (SSSR count). The topological polar surface area (TPSA) is 49.3 Å². The maximum absolute atomic E-state index is 11.7. The van der Waals surface area contributed by atoms with Crippen LogP contribution in [0.15, 0.2) is 18.5 Å². The van der Waals surface area contributed by atoms with Crippen LogP contribution >= 0.6 is 11.6 Å². The Hall–Kier alpha value is -1.36. The summed E-state index contributed by atoms with van der Waals surface area (Å²) in [7, 11) is 0. The molecule has 1 aromatic heterocycles. The van der Waals surface area contributed by atoms with E-state index in [-0.39, 0.29) is 5.91 Å². The number of halogens is 1. The number of alkyl halides is 1. The molecule has 1 aromatic rings. The average molecular weight is 255 g/mol. The second kappa shape index (κ2) is 5.31. The summed E-state index contributed by atoms with van der Waals surface area (Å²) in [6, 6.07) is 1.79. The first-order chi connectivity index (χ1) is 8.18. The fourth-order valence-electron chi connectivity index (χ4n) is 1.83. The molecule has 1 atom stereocenters. The summed E-state index contributed by atoms with van der Waals surface area (Å²) in [6.45, 7) is 4.55. The molecule has 0 bridgehead atoms. The second-order valence-electron chi connectivity index (χ2n) is 3.98. The normalized spacial score (nSPS) is 18.0. The summed E-state index contributed by atoms with van der Waals surface area (Å²) in [5, 5.41) is -0.450. The number of aromatic nitrogens is 2. The Morgan fingerprint density at radius 2 is 1.88 bits per heavy atom. The van der Waals surface area contributed by atoms with Crippen LogP contribution in [0.25, 0.3) is 0 Å². The van der Waals surface area contributed by atoms with E-state index in [1.54, 1.807) is 30.3 Å². The van der Waals surface area contributed by atoms with Crippen molar-refractivity contribution >= 4 is 23.5 Å². The van der Waals surface area contributed by atoms with Crippen LogP contribution in [0.4, 0.5) is 5.95 Å². The fraction of sp³-hybridized carbons (Fsp3) is 0.545. The van der Waals surface area contributed by atoms with Gasteiger partial charge in [-0.2, -0.15) is 0 Å². The Balaban J connectivity index is 1.93. The van der Waals surface area contributed by atoms with E-state index in [9.17, 15) is 4.79 Å². The van der Waals surface area contributed by atoms with Gasteiger partial charge < -0.3 is 9.80 Å². The van der Waals surface area contributed by atoms with Gasteiger partial charge in [-0.25, -0.2) is 9.97 Å². The smallest absolute Gasteiger partial charge is 0.240 e. The number of piperazine rings is 1. The summed E-state index contributed by atoms with van der Waals surface area (Å²) >= 11 is 5.79. The number of rotatable bonds is 2. The van der Waals surface area contributed by atoms with Crippen LogP contribution < -0.4 is 4.90 Å². The molecule has 1 aliphatic rings. The number of nitrogens with zero attached hydrogens (tertiary/aromatic N) is 4. The lowest BCUT2D eigenvalue weighted by Crippen LogP contribution is -2.50. The number of hydrogen-bond acceptors (Lipinski definition) is 4. The van der Waals surface area contributed by atoms with Crippen LogP contribution in [0.1, 0.15) is 6.92 Å². The molecule has 1 saturated heterocycles. The maximum atomic E-state index is 11.7. The van der Waals surface area contributed by atoms with E-state index in [4.69, 9.17) is 11.6 Å². The van der Waals surface area contributed by atoms with Gasteiger partial charge in [0.2, 0.25) is 11.9 Å². The number of amides is 1. The van der Waals surface area contributed by atoms with E-state index >= 15 is 0 Å². The molecule has 0 aliphatic carbocycles. The predicted octanol–water partition coefficient (Wildman–Crippen LogP) is 0.753. The van der Waals surface area contributed by atoms with Gasteiger partial charge in [-0.1, -0.05) is 0 Å². The van der Waals surface area contributed by atoms with E-state index < -0.39 is 5.38 Å². The van der Waals surface area contributed by atoms with Crippen molar-refractivity contribution in [1.29, 1.82) is 0 Å². The number of carbonyl (C=O) groups excluding carboxylic acids is 1. The van der Waals surface area contributed by atoms with E-state index in [0.29, 0.717) is 13.1 Å². The fourth-order valence-corrected chi connectivity index (χ4v) is 1.97.